The Hall–Kier alpha value is -3.63. The van der Waals surface area contributed by atoms with Crippen LogP contribution in [0.2, 0.25) is 5.02 Å². The van der Waals surface area contributed by atoms with Gasteiger partial charge in [-0.1, -0.05) is 17.7 Å². The smallest absolute Gasteiger partial charge is 0.269 e. The molecule has 0 aliphatic carbocycles. The number of rotatable bonds is 5. The second-order valence-electron chi connectivity index (χ2n) is 5.65. The summed E-state index contributed by atoms with van der Waals surface area (Å²) in [6, 6.07) is 13.4. The summed E-state index contributed by atoms with van der Waals surface area (Å²) in [6.45, 7) is 2.08. The molecule has 2 aromatic heterocycles. The number of carbonyl (C=O) groups excluding carboxylic acids is 1. The molecule has 7 nitrogen and oxygen atoms in total. The first-order chi connectivity index (χ1) is 13.5. The molecule has 2 heterocycles. The van der Waals surface area contributed by atoms with Crippen molar-refractivity contribution in [2.75, 3.05) is 6.54 Å². The molecule has 0 saturated heterocycles. The van der Waals surface area contributed by atoms with Crippen LogP contribution in [0.5, 0.6) is 11.6 Å². The molecule has 1 N–H and O–H groups in total. The van der Waals surface area contributed by atoms with Gasteiger partial charge in [0.1, 0.15) is 28.6 Å². The van der Waals surface area contributed by atoms with E-state index in [-0.39, 0.29) is 17.0 Å². The van der Waals surface area contributed by atoms with Crippen molar-refractivity contribution in [3.05, 3.63) is 75.2 Å². The summed E-state index contributed by atoms with van der Waals surface area (Å²) in [5.74, 6) is -0.196. The Labute approximate surface area is 165 Å². The number of aromatic nitrogens is 2. The predicted octanol–water partition coefficient (Wildman–Crippen LogP) is 3.18. The van der Waals surface area contributed by atoms with Crippen LogP contribution in [0.3, 0.4) is 0 Å². The van der Waals surface area contributed by atoms with E-state index >= 15 is 0 Å². The van der Waals surface area contributed by atoms with Crippen molar-refractivity contribution in [1.29, 1.82) is 5.26 Å². The summed E-state index contributed by atoms with van der Waals surface area (Å²) in [5, 5.41) is 12.4. The summed E-state index contributed by atoms with van der Waals surface area (Å²) >= 11 is 5.89. The number of hydrogen-bond acceptors (Lipinski definition) is 5. The number of likely N-dealkylation sites (N-methyl/N-ethyl adjacent to an activating group) is 1. The van der Waals surface area contributed by atoms with Crippen LogP contribution >= 0.6 is 11.6 Å². The Morgan fingerprint density at radius 2 is 2.07 bits per heavy atom. The van der Waals surface area contributed by atoms with Gasteiger partial charge in [0, 0.05) is 17.8 Å². The van der Waals surface area contributed by atoms with E-state index in [0.717, 1.165) is 0 Å². The topological polar surface area (TPSA) is 96.5 Å². The molecule has 0 radical (unpaired) electrons. The second kappa shape index (κ2) is 8.37. The van der Waals surface area contributed by atoms with Gasteiger partial charge in [0.25, 0.3) is 11.5 Å². The van der Waals surface area contributed by atoms with Crippen molar-refractivity contribution in [1.82, 2.24) is 14.7 Å². The van der Waals surface area contributed by atoms with Crippen LogP contribution in [-0.4, -0.2) is 21.8 Å². The average Bonchev–Trinajstić information content (AvgIpc) is 2.70. The maximum Gasteiger partial charge on any atom is 0.269 e. The van der Waals surface area contributed by atoms with Crippen LogP contribution in [0.1, 0.15) is 12.5 Å². The van der Waals surface area contributed by atoms with Crippen molar-refractivity contribution in [2.45, 2.75) is 6.92 Å². The van der Waals surface area contributed by atoms with Crippen LogP contribution in [0.15, 0.2) is 59.0 Å². The lowest BCUT2D eigenvalue weighted by Crippen LogP contribution is -2.25. The van der Waals surface area contributed by atoms with E-state index in [9.17, 15) is 14.9 Å². The number of ether oxygens (including phenoxy) is 1. The maximum absolute atomic E-state index is 13.0. The third-order valence-corrected chi connectivity index (χ3v) is 4.01. The Kier molecular flexibility index (Phi) is 5.72. The standard InChI is InChI=1S/C20H15ClN4O3/c1-2-23-18(26)13(12-22)11-16-19(28-15-8-6-14(21)7-9-15)24-17-5-3-4-10-25(17)20(16)27/h3-11H,2H2,1H3,(H,23,26). The van der Waals surface area contributed by atoms with Crippen molar-refractivity contribution >= 4 is 29.2 Å². The molecule has 28 heavy (non-hydrogen) atoms. The first-order valence-corrected chi connectivity index (χ1v) is 8.76. The van der Waals surface area contributed by atoms with Gasteiger partial charge in [-0.15, -0.1) is 0 Å². The fourth-order valence-electron chi connectivity index (χ4n) is 2.45. The number of nitriles is 1. The highest BCUT2D eigenvalue weighted by atomic mass is 35.5. The normalized spacial score (nSPS) is 11.1. The molecule has 0 aliphatic rings. The Bertz CT molecular complexity index is 1160. The number of carbonyl (C=O) groups is 1. The SMILES string of the molecule is CCNC(=O)C(C#N)=Cc1c(Oc2ccc(Cl)cc2)nc2ccccn2c1=O. The van der Waals surface area contributed by atoms with Crippen molar-refractivity contribution in [3.8, 4) is 17.7 Å². The van der Waals surface area contributed by atoms with Crippen LogP contribution in [-0.2, 0) is 4.79 Å². The van der Waals surface area contributed by atoms with E-state index in [4.69, 9.17) is 16.3 Å². The molecular weight excluding hydrogens is 380 g/mol. The molecule has 3 rings (SSSR count). The number of halogens is 1. The number of pyridine rings is 1. The second-order valence-corrected chi connectivity index (χ2v) is 6.09. The molecule has 0 saturated carbocycles. The summed E-state index contributed by atoms with van der Waals surface area (Å²) in [7, 11) is 0. The first-order valence-electron chi connectivity index (χ1n) is 8.38. The molecule has 0 bridgehead atoms. The molecule has 140 valence electrons. The molecule has 0 aliphatic heterocycles. The summed E-state index contributed by atoms with van der Waals surface area (Å²) in [5.41, 5.74) is -0.337. The third kappa shape index (κ3) is 4.03. The lowest BCUT2D eigenvalue weighted by Gasteiger charge is -2.10. The van der Waals surface area contributed by atoms with E-state index < -0.39 is 11.5 Å². The van der Waals surface area contributed by atoms with Crippen molar-refractivity contribution in [3.63, 3.8) is 0 Å². The fraction of sp³-hybridized carbons (Fsp3) is 0.100. The van der Waals surface area contributed by atoms with Gasteiger partial charge in [0.15, 0.2) is 0 Å². The van der Waals surface area contributed by atoms with Gasteiger partial charge in [0.05, 0.1) is 0 Å². The Morgan fingerprint density at radius 1 is 1.32 bits per heavy atom. The van der Waals surface area contributed by atoms with Gasteiger partial charge in [0.2, 0.25) is 5.88 Å². The van der Waals surface area contributed by atoms with Crippen LogP contribution in [0.25, 0.3) is 11.7 Å². The Balaban J connectivity index is 2.19. The quantitative estimate of drug-likeness (QED) is 0.529. The Morgan fingerprint density at radius 3 is 2.75 bits per heavy atom. The lowest BCUT2D eigenvalue weighted by molar-refractivity contribution is -0.116. The minimum absolute atomic E-state index is 0.0125. The summed E-state index contributed by atoms with van der Waals surface area (Å²) < 4.78 is 7.08. The monoisotopic (exact) mass is 394 g/mol. The van der Waals surface area contributed by atoms with Gasteiger partial charge in [-0.05, 0) is 49.4 Å². The highest BCUT2D eigenvalue weighted by Crippen LogP contribution is 2.25. The predicted molar refractivity (Wildman–Crippen MR) is 105 cm³/mol. The van der Waals surface area contributed by atoms with Crippen LogP contribution in [0, 0.1) is 11.3 Å². The number of hydrogen-bond donors (Lipinski definition) is 1. The third-order valence-electron chi connectivity index (χ3n) is 3.75. The molecule has 0 atom stereocenters. The molecule has 1 aromatic carbocycles. The number of nitrogens with zero attached hydrogens (tertiary/aromatic N) is 3. The molecular formula is C20H15ClN4O3. The summed E-state index contributed by atoms with van der Waals surface area (Å²) in [6.07, 6.45) is 2.73. The van der Waals surface area contributed by atoms with Crippen LogP contribution < -0.4 is 15.6 Å². The summed E-state index contributed by atoms with van der Waals surface area (Å²) in [4.78, 5) is 29.4. The molecule has 0 unspecified atom stereocenters. The first kappa shape index (κ1) is 19.1. The maximum atomic E-state index is 13.0. The van der Waals surface area contributed by atoms with E-state index in [0.29, 0.717) is 23.0 Å². The molecule has 1 amide bonds. The zero-order valence-corrected chi connectivity index (χ0v) is 15.6. The van der Waals surface area contributed by atoms with E-state index in [1.54, 1.807) is 55.6 Å². The van der Waals surface area contributed by atoms with E-state index in [2.05, 4.69) is 10.3 Å². The van der Waals surface area contributed by atoms with Gasteiger partial charge in [-0.2, -0.15) is 10.2 Å². The molecule has 3 aromatic rings. The average molecular weight is 395 g/mol. The number of fused-ring (bicyclic) bond motifs is 1. The zero-order valence-electron chi connectivity index (χ0n) is 14.8. The van der Waals surface area contributed by atoms with E-state index in [1.807, 2.05) is 6.07 Å². The largest absolute Gasteiger partial charge is 0.438 e. The van der Waals surface area contributed by atoms with Crippen molar-refractivity contribution in [2.24, 2.45) is 0 Å². The molecule has 0 fully saturated rings. The van der Waals surface area contributed by atoms with Crippen LogP contribution in [0.4, 0.5) is 0 Å². The van der Waals surface area contributed by atoms with E-state index in [1.165, 1.54) is 10.5 Å². The minimum Gasteiger partial charge on any atom is -0.438 e. The van der Waals surface area contributed by atoms with Crippen molar-refractivity contribution < 1.29 is 9.53 Å². The zero-order chi connectivity index (χ0) is 20.1. The lowest BCUT2D eigenvalue weighted by atomic mass is 10.1. The van der Waals surface area contributed by atoms with Gasteiger partial charge < -0.3 is 10.1 Å². The number of nitrogens with one attached hydrogen (secondary N) is 1. The molecule has 0 spiro atoms. The fourth-order valence-corrected chi connectivity index (χ4v) is 2.57. The van der Waals surface area contributed by atoms with Gasteiger partial charge in [-0.25, -0.2) is 0 Å². The highest BCUT2D eigenvalue weighted by Gasteiger charge is 2.17. The highest BCUT2D eigenvalue weighted by molar-refractivity contribution is 6.30. The molecule has 8 heteroatoms. The van der Waals surface area contributed by atoms with Gasteiger partial charge >= 0.3 is 0 Å². The number of benzene rings is 1. The minimum atomic E-state index is -0.583. The van der Waals surface area contributed by atoms with Gasteiger partial charge in [-0.3, -0.25) is 14.0 Å². The number of amides is 1.